The molecule has 1 aromatic carbocycles. The summed E-state index contributed by atoms with van der Waals surface area (Å²) in [6, 6.07) is 11.9. The third-order valence-corrected chi connectivity index (χ3v) is 5.39. The number of aromatic nitrogens is 1. The number of rotatable bonds is 4. The number of aliphatic carboxylic acids is 1. The van der Waals surface area contributed by atoms with Gasteiger partial charge in [0.15, 0.2) is 0 Å². The molecule has 26 heavy (non-hydrogen) atoms. The Labute approximate surface area is 152 Å². The van der Waals surface area contributed by atoms with Gasteiger partial charge in [0.05, 0.1) is 12.5 Å². The summed E-state index contributed by atoms with van der Waals surface area (Å²) >= 11 is 0. The number of fused-ring (bicyclic) bond motifs is 1. The second-order valence-electron chi connectivity index (χ2n) is 7.04. The lowest BCUT2D eigenvalue weighted by atomic mass is 9.90. The molecule has 2 aliphatic rings. The number of carboxylic acid groups (broad SMARTS) is 1. The van der Waals surface area contributed by atoms with Crippen molar-refractivity contribution in [3.8, 4) is 0 Å². The van der Waals surface area contributed by atoms with Crippen molar-refractivity contribution in [2.24, 2.45) is 5.92 Å². The van der Waals surface area contributed by atoms with Crippen LogP contribution in [0.3, 0.4) is 0 Å². The van der Waals surface area contributed by atoms with E-state index in [4.69, 9.17) is 0 Å². The lowest BCUT2D eigenvalue weighted by Crippen LogP contribution is -2.37. The van der Waals surface area contributed by atoms with Gasteiger partial charge < -0.3 is 10.0 Å². The maximum atomic E-state index is 12.8. The lowest BCUT2D eigenvalue weighted by molar-refractivity contribution is -0.141. The lowest BCUT2D eigenvalue weighted by Gasteiger charge is -2.21. The fourth-order valence-corrected chi connectivity index (χ4v) is 4.01. The molecular weight excluding hydrogens is 330 g/mol. The van der Waals surface area contributed by atoms with Gasteiger partial charge in [-0.05, 0) is 28.8 Å². The van der Waals surface area contributed by atoms with Gasteiger partial charge in [0.25, 0.3) is 0 Å². The van der Waals surface area contributed by atoms with Gasteiger partial charge in [0, 0.05) is 44.5 Å². The molecule has 3 heterocycles. The van der Waals surface area contributed by atoms with Crippen molar-refractivity contribution in [1.82, 2.24) is 14.8 Å². The Morgan fingerprint density at radius 1 is 1.04 bits per heavy atom. The summed E-state index contributed by atoms with van der Waals surface area (Å²) in [6.07, 6.45) is 3.33. The van der Waals surface area contributed by atoms with E-state index in [9.17, 15) is 14.7 Å². The van der Waals surface area contributed by atoms with Crippen molar-refractivity contribution in [3.05, 3.63) is 65.5 Å². The van der Waals surface area contributed by atoms with E-state index < -0.39 is 11.9 Å². The Morgan fingerprint density at radius 3 is 2.31 bits per heavy atom. The van der Waals surface area contributed by atoms with Crippen molar-refractivity contribution in [3.63, 3.8) is 0 Å². The summed E-state index contributed by atoms with van der Waals surface area (Å²) < 4.78 is 0. The van der Waals surface area contributed by atoms with Gasteiger partial charge in [-0.25, -0.2) is 0 Å². The summed E-state index contributed by atoms with van der Waals surface area (Å²) in [4.78, 5) is 32.3. The van der Waals surface area contributed by atoms with Crippen molar-refractivity contribution < 1.29 is 14.7 Å². The average molecular weight is 351 g/mol. The minimum Gasteiger partial charge on any atom is -0.481 e. The van der Waals surface area contributed by atoms with Crippen molar-refractivity contribution in [2.75, 3.05) is 19.6 Å². The van der Waals surface area contributed by atoms with E-state index in [1.165, 1.54) is 11.1 Å². The Morgan fingerprint density at radius 2 is 1.69 bits per heavy atom. The minimum absolute atomic E-state index is 0.000567. The molecule has 4 rings (SSSR count). The first-order valence-electron chi connectivity index (χ1n) is 8.81. The summed E-state index contributed by atoms with van der Waals surface area (Å²) in [5.74, 6) is -1.61. The normalized spacial score (nSPS) is 22.4. The van der Waals surface area contributed by atoms with E-state index in [1.54, 1.807) is 17.3 Å². The number of likely N-dealkylation sites (tertiary alicyclic amines) is 1. The first kappa shape index (κ1) is 16.7. The Bertz CT molecular complexity index is 799. The topological polar surface area (TPSA) is 73.7 Å². The Balaban J connectivity index is 1.43. The number of carbonyl (C=O) groups is 2. The zero-order valence-corrected chi connectivity index (χ0v) is 14.4. The van der Waals surface area contributed by atoms with Gasteiger partial charge in [-0.2, -0.15) is 0 Å². The van der Waals surface area contributed by atoms with Gasteiger partial charge in [-0.1, -0.05) is 24.3 Å². The molecule has 0 saturated carbocycles. The molecule has 2 atom stereocenters. The molecule has 2 aliphatic heterocycles. The van der Waals surface area contributed by atoms with E-state index in [0.29, 0.717) is 13.1 Å². The van der Waals surface area contributed by atoms with Crippen molar-refractivity contribution in [1.29, 1.82) is 0 Å². The smallest absolute Gasteiger partial charge is 0.308 e. The Hall–Kier alpha value is -2.73. The van der Waals surface area contributed by atoms with E-state index >= 15 is 0 Å². The zero-order valence-electron chi connectivity index (χ0n) is 14.4. The maximum absolute atomic E-state index is 12.8. The second-order valence-corrected chi connectivity index (χ2v) is 7.04. The molecule has 2 aromatic rings. The molecule has 1 amide bonds. The molecule has 0 aliphatic carbocycles. The number of pyridine rings is 1. The molecule has 1 N–H and O–H groups in total. The summed E-state index contributed by atoms with van der Waals surface area (Å²) in [6.45, 7) is 2.57. The van der Waals surface area contributed by atoms with E-state index in [-0.39, 0.29) is 18.4 Å². The highest BCUT2D eigenvalue weighted by atomic mass is 16.4. The van der Waals surface area contributed by atoms with Crippen molar-refractivity contribution in [2.45, 2.75) is 19.0 Å². The predicted molar refractivity (Wildman–Crippen MR) is 95.2 cm³/mol. The first-order valence-corrected chi connectivity index (χ1v) is 8.81. The largest absolute Gasteiger partial charge is 0.481 e. The maximum Gasteiger partial charge on any atom is 0.308 e. The van der Waals surface area contributed by atoms with Crippen LogP contribution in [0.1, 0.15) is 22.6 Å². The summed E-state index contributed by atoms with van der Waals surface area (Å²) in [5.41, 5.74) is 3.45. The predicted octanol–water partition coefficient (Wildman–Crippen LogP) is 1.72. The molecule has 6 nitrogen and oxygen atoms in total. The van der Waals surface area contributed by atoms with Crippen LogP contribution in [0, 0.1) is 5.92 Å². The van der Waals surface area contributed by atoms with Gasteiger partial charge in [0.2, 0.25) is 5.91 Å². The molecular formula is C20H21N3O3. The van der Waals surface area contributed by atoms with Gasteiger partial charge >= 0.3 is 5.97 Å². The number of amides is 1. The zero-order chi connectivity index (χ0) is 18.1. The number of hydrogen-bond acceptors (Lipinski definition) is 4. The highest BCUT2D eigenvalue weighted by molar-refractivity contribution is 5.81. The molecule has 1 fully saturated rings. The minimum atomic E-state index is -0.851. The number of benzene rings is 1. The van der Waals surface area contributed by atoms with E-state index in [0.717, 1.165) is 18.7 Å². The number of hydrogen-bond donors (Lipinski definition) is 1. The molecule has 0 unspecified atom stereocenters. The van der Waals surface area contributed by atoms with Crippen LogP contribution in [0.4, 0.5) is 0 Å². The second kappa shape index (κ2) is 6.88. The molecule has 6 heteroatoms. The van der Waals surface area contributed by atoms with Gasteiger partial charge in [-0.15, -0.1) is 0 Å². The summed E-state index contributed by atoms with van der Waals surface area (Å²) in [7, 11) is 0. The van der Waals surface area contributed by atoms with Crippen LogP contribution in [-0.2, 0) is 22.7 Å². The molecule has 134 valence electrons. The summed E-state index contributed by atoms with van der Waals surface area (Å²) in [5, 5.41) is 9.58. The highest BCUT2D eigenvalue weighted by Gasteiger charge is 2.40. The first-order chi connectivity index (χ1) is 12.6. The van der Waals surface area contributed by atoms with Crippen LogP contribution in [0.2, 0.25) is 0 Å². The fraction of sp³-hybridized carbons (Fsp3) is 0.350. The number of carbonyl (C=O) groups excluding carboxylic acids is 1. The fourth-order valence-electron chi connectivity index (χ4n) is 4.01. The van der Waals surface area contributed by atoms with Gasteiger partial charge in [0.1, 0.15) is 0 Å². The van der Waals surface area contributed by atoms with Crippen LogP contribution in [-0.4, -0.2) is 51.4 Å². The molecule has 0 bridgehead atoms. The van der Waals surface area contributed by atoms with Crippen molar-refractivity contribution >= 4 is 11.9 Å². The number of carboxylic acids is 1. The third-order valence-electron chi connectivity index (χ3n) is 5.39. The molecule has 0 spiro atoms. The Kier molecular flexibility index (Phi) is 4.42. The van der Waals surface area contributed by atoms with Crippen LogP contribution >= 0.6 is 0 Å². The molecule has 0 radical (unpaired) electrons. The SMILES string of the molecule is O=C(O)[C@@H]1CN(C(=O)CN2Cc3ccccc3C2)C[C@H]1c1ccncc1. The van der Waals surface area contributed by atoms with Crippen LogP contribution < -0.4 is 0 Å². The van der Waals surface area contributed by atoms with Crippen LogP contribution in [0.25, 0.3) is 0 Å². The highest BCUT2D eigenvalue weighted by Crippen LogP contribution is 2.33. The quantitative estimate of drug-likeness (QED) is 0.908. The monoisotopic (exact) mass is 351 g/mol. The average Bonchev–Trinajstić information content (AvgIpc) is 3.26. The number of nitrogens with zero attached hydrogens (tertiary/aromatic N) is 3. The molecule has 1 aromatic heterocycles. The van der Waals surface area contributed by atoms with Gasteiger partial charge in [-0.3, -0.25) is 19.5 Å². The third kappa shape index (κ3) is 3.20. The van der Waals surface area contributed by atoms with Crippen LogP contribution in [0.15, 0.2) is 48.8 Å². The van der Waals surface area contributed by atoms with E-state index in [2.05, 4.69) is 22.0 Å². The van der Waals surface area contributed by atoms with E-state index in [1.807, 2.05) is 24.3 Å². The standard InChI is InChI=1S/C20H21N3O3/c24-19(13-22-9-15-3-1-2-4-16(15)10-22)23-11-17(18(12-23)20(25)26)14-5-7-21-8-6-14/h1-8,17-18H,9-13H2,(H,25,26)/t17-,18+/m0/s1. The molecule has 1 saturated heterocycles. The van der Waals surface area contributed by atoms with Crippen LogP contribution in [0.5, 0.6) is 0 Å².